The lowest BCUT2D eigenvalue weighted by Gasteiger charge is -2.24. The van der Waals surface area contributed by atoms with Crippen molar-refractivity contribution in [2.24, 2.45) is 5.92 Å². The predicted octanol–water partition coefficient (Wildman–Crippen LogP) is 5.03. The average molecular weight is 449 g/mol. The van der Waals surface area contributed by atoms with Crippen LogP contribution in [-0.4, -0.2) is 33.6 Å². The quantitative estimate of drug-likeness (QED) is 0.546. The van der Waals surface area contributed by atoms with Crippen LogP contribution in [0.25, 0.3) is 0 Å². The number of nitrogens with one attached hydrogen (secondary N) is 2. The molecular formula is C22H32N4O4S. The second-order valence-electron chi connectivity index (χ2n) is 8.57. The second-order valence-corrected chi connectivity index (χ2v) is 9.50. The number of hydrogen-bond donors (Lipinski definition) is 2. The molecule has 2 rings (SSSR count). The summed E-state index contributed by atoms with van der Waals surface area (Å²) in [6, 6.07) is 5.42. The Hall–Kier alpha value is -2.55. The number of carbonyl (C=O) groups excluding carboxylic acids is 2. The van der Waals surface area contributed by atoms with Crippen LogP contribution in [0.2, 0.25) is 0 Å². The molecule has 0 radical (unpaired) electrons. The highest BCUT2D eigenvalue weighted by molar-refractivity contribution is 7.99. The molecule has 2 aromatic rings. The van der Waals surface area contributed by atoms with E-state index in [0.29, 0.717) is 0 Å². The number of alkyl carbamates (subject to hydrolysis) is 1. The fourth-order valence-corrected chi connectivity index (χ4v) is 3.28. The Morgan fingerprint density at radius 2 is 1.94 bits per heavy atom. The molecule has 0 unspecified atom stereocenters. The van der Waals surface area contributed by atoms with Crippen LogP contribution in [0.5, 0.6) is 0 Å². The van der Waals surface area contributed by atoms with E-state index in [2.05, 4.69) is 20.8 Å². The van der Waals surface area contributed by atoms with Crippen LogP contribution < -0.4 is 10.6 Å². The van der Waals surface area contributed by atoms with Gasteiger partial charge >= 0.3 is 6.09 Å². The highest BCUT2D eigenvalue weighted by atomic mass is 32.2. The number of thioether (sulfide) groups is 1. The molecule has 0 aliphatic rings. The lowest BCUT2D eigenvalue weighted by molar-refractivity contribution is -0.113. The minimum absolute atomic E-state index is 0.0541. The Kier molecular flexibility index (Phi) is 8.50. The molecule has 170 valence electrons. The monoisotopic (exact) mass is 448 g/mol. The molecule has 0 saturated heterocycles. The molecule has 0 aliphatic heterocycles. The van der Waals surface area contributed by atoms with Gasteiger partial charge in [-0.05, 0) is 57.7 Å². The summed E-state index contributed by atoms with van der Waals surface area (Å²) in [6.07, 6.45) is 0.252. The smallest absolute Gasteiger partial charge is 0.408 e. The Morgan fingerprint density at radius 3 is 2.58 bits per heavy atom. The van der Waals surface area contributed by atoms with Crippen molar-refractivity contribution in [3.05, 3.63) is 35.2 Å². The van der Waals surface area contributed by atoms with Crippen molar-refractivity contribution in [3.8, 4) is 0 Å². The van der Waals surface area contributed by atoms with Gasteiger partial charge in [0.2, 0.25) is 11.8 Å². The van der Waals surface area contributed by atoms with Gasteiger partial charge in [-0.2, -0.15) is 0 Å². The summed E-state index contributed by atoms with van der Waals surface area (Å²) in [5.41, 5.74) is 2.25. The number of rotatable bonds is 8. The van der Waals surface area contributed by atoms with Crippen molar-refractivity contribution in [2.75, 3.05) is 11.1 Å². The highest BCUT2D eigenvalue weighted by Crippen LogP contribution is 2.27. The zero-order valence-electron chi connectivity index (χ0n) is 19.2. The van der Waals surface area contributed by atoms with Gasteiger partial charge < -0.3 is 19.8 Å². The van der Waals surface area contributed by atoms with E-state index >= 15 is 0 Å². The van der Waals surface area contributed by atoms with Gasteiger partial charge in [-0.15, -0.1) is 10.2 Å². The lowest BCUT2D eigenvalue weighted by atomic mass is 9.99. The van der Waals surface area contributed by atoms with E-state index in [1.807, 2.05) is 45.9 Å². The van der Waals surface area contributed by atoms with E-state index in [1.54, 1.807) is 20.8 Å². The summed E-state index contributed by atoms with van der Waals surface area (Å²) in [4.78, 5) is 24.6. The van der Waals surface area contributed by atoms with Crippen LogP contribution in [0.15, 0.2) is 27.8 Å². The summed E-state index contributed by atoms with van der Waals surface area (Å²) < 4.78 is 11.1. The molecule has 0 saturated carbocycles. The molecule has 0 bridgehead atoms. The minimum atomic E-state index is -0.608. The number of aromatic nitrogens is 2. The third kappa shape index (κ3) is 7.90. The molecule has 2 atom stereocenters. The van der Waals surface area contributed by atoms with Crippen LogP contribution in [0.4, 0.5) is 10.5 Å². The summed E-state index contributed by atoms with van der Waals surface area (Å²) in [5.74, 6) is 0.308. The lowest BCUT2D eigenvalue weighted by Crippen LogP contribution is -2.37. The van der Waals surface area contributed by atoms with Crippen LogP contribution in [0, 0.1) is 19.8 Å². The molecule has 0 spiro atoms. The second kappa shape index (κ2) is 10.7. The first kappa shape index (κ1) is 24.7. The van der Waals surface area contributed by atoms with Crippen molar-refractivity contribution in [3.63, 3.8) is 0 Å². The van der Waals surface area contributed by atoms with E-state index in [9.17, 15) is 9.59 Å². The van der Waals surface area contributed by atoms with Gasteiger partial charge in [0, 0.05) is 5.69 Å². The normalized spacial score (nSPS) is 13.4. The number of anilines is 1. The number of ether oxygens (including phenoxy) is 1. The van der Waals surface area contributed by atoms with Crippen molar-refractivity contribution in [2.45, 2.75) is 71.8 Å². The van der Waals surface area contributed by atoms with Gasteiger partial charge in [0.15, 0.2) is 0 Å². The molecule has 0 fully saturated rings. The van der Waals surface area contributed by atoms with Crippen molar-refractivity contribution >= 4 is 29.4 Å². The van der Waals surface area contributed by atoms with Crippen molar-refractivity contribution in [1.29, 1.82) is 0 Å². The number of hydrogen-bond acceptors (Lipinski definition) is 7. The first-order chi connectivity index (χ1) is 14.5. The predicted molar refractivity (Wildman–Crippen MR) is 121 cm³/mol. The van der Waals surface area contributed by atoms with Gasteiger partial charge in [0.25, 0.3) is 5.22 Å². The van der Waals surface area contributed by atoms with Gasteiger partial charge in [-0.3, -0.25) is 4.79 Å². The maximum Gasteiger partial charge on any atom is 0.408 e. The van der Waals surface area contributed by atoms with Crippen molar-refractivity contribution in [1.82, 2.24) is 15.5 Å². The zero-order chi connectivity index (χ0) is 23.2. The van der Waals surface area contributed by atoms with Gasteiger partial charge in [-0.25, -0.2) is 4.79 Å². The standard InChI is InChI=1S/C22H32N4O4S/c1-8-14(3)18(24-20(28)30-22(5,6)7)19-25-26-21(29-19)31-12-17(27)23-16-11-13(2)9-10-15(16)4/h9-11,14,18H,8,12H2,1-7H3,(H,23,27)(H,24,28)/t14-,18-/m1/s1. The Balaban J connectivity index is 2.00. The first-order valence-corrected chi connectivity index (χ1v) is 11.3. The number of amides is 2. The number of aryl methyl sites for hydroxylation is 2. The third-order valence-corrected chi connectivity index (χ3v) is 5.39. The average Bonchev–Trinajstić information content (AvgIpc) is 3.14. The number of carbonyl (C=O) groups is 2. The molecule has 2 N–H and O–H groups in total. The third-order valence-electron chi connectivity index (χ3n) is 4.57. The van der Waals surface area contributed by atoms with Gasteiger partial charge in [0.05, 0.1) is 5.75 Å². The Labute approximate surface area is 187 Å². The van der Waals surface area contributed by atoms with Gasteiger partial charge in [0.1, 0.15) is 11.6 Å². The summed E-state index contributed by atoms with van der Waals surface area (Å²) in [5, 5.41) is 14.1. The molecular weight excluding hydrogens is 416 g/mol. The fraction of sp³-hybridized carbons (Fsp3) is 0.545. The van der Waals surface area contributed by atoms with E-state index in [-0.39, 0.29) is 28.7 Å². The van der Waals surface area contributed by atoms with Crippen LogP contribution in [-0.2, 0) is 9.53 Å². The fourth-order valence-electron chi connectivity index (χ4n) is 2.71. The Bertz CT molecular complexity index is 907. The largest absolute Gasteiger partial charge is 0.444 e. The molecule has 9 heteroatoms. The maximum atomic E-state index is 12.3. The molecule has 2 amide bonds. The minimum Gasteiger partial charge on any atom is -0.444 e. The van der Waals surface area contributed by atoms with Crippen LogP contribution >= 0.6 is 11.8 Å². The molecule has 1 aromatic carbocycles. The SMILES string of the molecule is CC[C@@H](C)[C@@H](NC(=O)OC(C)(C)C)c1nnc(SCC(=O)Nc2cc(C)ccc2C)o1. The number of benzene rings is 1. The summed E-state index contributed by atoms with van der Waals surface area (Å²) >= 11 is 1.15. The molecule has 1 heterocycles. The van der Waals surface area contributed by atoms with E-state index < -0.39 is 17.7 Å². The zero-order valence-corrected chi connectivity index (χ0v) is 20.1. The topological polar surface area (TPSA) is 106 Å². The first-order valence-electron chi connectivity index (χ1n) is 10.3. The van der Waals surface area contributed by atoms with E-state index in [4.69, 9.17) is 9.15 Å². The van der Waals surface area contributed by atoms with E-state index in [1.165, 1.54) is 0 Å². The maximum absolute atomic E-state index is 12.3. The van der Waals surface area contributed by atoms with Crippen molar-refractivity contribution < 1.29 is 18.7 Å². The summed E-state index contributed by atoms with van der Waals surface area (Å²) in [7, 11) is 0. The van der Waals surface area contributed by atoms with Gasteiger partial charge in [-0.1, -0.05) is 44.2 Å². The Morgan fingerprint density at radius 1 is 1.23 bits per heavy atom. The van der Waals surface area contributed by atoms with E-state index in [0.717, 1.165) is 35.0 Å². The highest BCUT2D eigenvalue weighted by Gasteiger charge is 2.28. The van der Waals surface area contributed by atoms with Crippen LogP contribution in [0.1, 0.15) is 64.1 Å². The summed E-state index contributed by atoms with van der Waals surface area (Å²) in [6.45, 7) is 13.3. The van der Waals surface area contributed by atoms with Crippen LogP contribution in [0.3, 0.4) is 0 Å². The molecule has 0 aliphatic carbocycles. The molecule has 1 aromatic heterocycles. The number of nitrogens with zero attached hydrogens (tertiary/aromatic N) is 2. The molecule has 8 nitrogen and oxygen atoms in total. The molecule has 31 heavy (non-hydrogen) atoms.